The summed E-state index contributed by atoms with van der Waals surface area (Å²) in [6.45, 7) is 18.2. The van der Waals surface area contributed by atoms with Crippen LogP contribution in [0.2, 0.25) is 0 Å². The number of hydrogen-bond acceptors (Lipinski definition) is 5. The summed E-state index contributed by atoms with van der Waals surface area (Å²) in [6, 6.07) is 8.11. The first kappa shape index (κ1) is 31.0. The Bertz CT molecular complexity index is 1150. The standard InChI is InChI=1S/C33H47N3O5/c1-8-18-34(20-24-14-12-11-13-15-24)29(38)26-27-30(39)36(25(21-37)22(4)5)28(31(40)35(19-9-2)23(6)7)33(27)17-16-32(26,10-3)41-33/h8-9,11-15,22-23,25-28,37H,1-2,10,16-21H2,3-7H3/t25-,26-,27-,28?,32+,33?/m0/s1. The van der Waals surface area contributed by atoms with Crippen LogP contribution in [0.25, 0.3) is 0 Å². The number of rotatable bonds is 13. The average molecular weight is 566 g/mol. The molecule has 6 atom stereocenters. The molecule has 0 radical (unpaired) electrons. The fourth-order valence-corrected chi connectivity index (χ4v) is 7.53. The van der Waals surface area contributed by atoms with E-state index in [1.54, 1.807) is 26.9 Å². The highest BCUT2D eigenvalue weighted by Crippen LogP contribution is 2.65. The van der Waals surface area contributed by atoms with Crippen molar-refractivity contribution in [3.63, 3.8) is 0 Å². The van der Waals surface area contributed by atoms with E-state index in [9.17, 15) is 19.5 Å². The quantitative estimate of drug-likeness (QED) is 0.368. The number of benzene rings is 1. The summed E-state index contributed by atoms with van der Waals surface area (Å²) in [7, 11) is 0. The minimum atomic E-state index is -1.15. The maximum atomic E-state index is 14.6. The van der Waals surface area contributed by atoms with Crippen LogP contribution in [0.4, 0.5) is 0 Å². The Kier molecular flexibility index (Phi) is 9.14. The normalized spacial score (nSPS) is 29.1. The lowest BCUT2D eigenvalue weighted by Gasteiger charge is -2.41. The number of carbonyl (C=O) groups excluding carboxylic acids is 3. The van der Waals surface area contributed by atoms with E-state index in [2.05, 4.69) is 13.2 Å². The van der Waals surface area contributed by atoms with Gasteiger partial charge >= 0.3 is 0 Å². The first-order valence-corrected chi connectivity index (χ1v) is 15.0. The molecular weight excluding hydrogens is 518 g/mol. The SMILES string of the molecule is C=CCN(Cc1ccccc1)C(=O)[C@@H]1[C@H]2C(=O)N([C@@H](CO)C(C)C)C(C(=O)N(CC=C)C(C)C)C23CC[C@@]1(CC)O3. The number of aliphatic hydroxyl groups excluding tert-OH is 1. The van der Waals surface area contributed by atoms with Gasteiger partial charge in [-0.15, -0.1) is 13.2 Å². The molecule has 2 unspecified atom stereocenters. The van der Waals surface area contributed by atoms with Crippen LogP contribution >= 0.6 is 0 Å². The van der Waals surface area contributed by atoms with Gasteiger partial charge in [0.25, 0.3) is 0 Å². The molecule has 3 fully saturated rings. The topological polar surface area (TPSA) is 90.4 Å². The second kappa shape index (κ2) is 12.1. The molecular formula is C33H47N3O5. The van der Waals surface area contributed by atoms with Gasteiger partial charge in [0.05, 0.1) is 30.1 Å². The summed E-state index contributed by atoms with van der Waals surface area (Å²) in [6.07, 6.45) is 5.03. The highest BCUT2D eigenvalue weighted by molar-refractivity contribution is 5.99. The number of carbonyl (C=O) groups is 3. The second-order valence-electron chi connectivity index (χ2n) is 12.4. The molecule has 3 aliphatic rings. The van der Waals surface area contributed by atoms with Crippen molar-refractivity contribution in [1.29, 1.82) is 0 Å². The van der Waals surface area contributed by atoms with E-state index in [0.717, 1.165) is 5.56 Å². The van der Waals surface area contributed by atoms with Crippen LogP contribution in [0.5, 0.6) is 0 Å². The smallest absolute Gasteiger partial charge is 0.248 e. The molecule has 0 aromatic heterocycles. The second-order valence-corrected chi connectivity index (χ2v) is 12.4. The predicted octanol–water partition coefficient (Wildman–Crippen LogP) is 3.80. The minimum Gasteiger partial charge on any atom is -0.394 e. The molecule has 0 saturated carbocycles. The summed E-state index contributed by atoms with van der Waals surface area (Å²) in [5, 5.41) is 10.5. The molecule has 3 amide bonds. The Hall–Kier alpha value is -2.97. The summed E-state index contributed by atoms with van der Waals surface area (Å²) < 4.78 is 6.96. The molecule has 41 heavy (non-hydrogen) atoms. The predicted molar refractivity (Wildman–Crippen MR) is 158 cm³/mol. The Morgan fingerprint density at radius 3 is 2.29 bits per heavy atom. The van der Waals surface area contributed by atoms with Crippen molar-refractivity contribution in [2.45, 2.75) is 89.8 Å². The lowest BCUT2D eigenvalue weighted by molar-refractivity contribution is -0.159. The van der Waals surface area contributed by atoms with E-state index >= 15 is 0 Å². The third kappa shape index (κ3) is 5.03. The average Bonchev–Trinajstić information content (AvgIpc) is 3.55. The molecule has 0 aliphatic carbocycles. The highest BCUT2D eigenvalue weighted by atomic mass is 16.5. The maximum absolute atomic E-state index is 14.6. The van der Waals surface area contributed by atoms with Crippen molar-refractivity contribution in [1.82, 2.24) is 14.7 Å². The van der Waals surface area contributed by atoms with Gasteiger partial charge in [-0.2, -0.15) is 0 Å². The number of aliphatic hydroxyl groups is 1. The molecule has 1 spiro atoms. The highest BCUT2D eigenvalue weighted by Gasteiger charge is 2.79. The summed E-state index contributed by atoms with van der Waals surface area (Å²) >= 11 is 0. The molecule has 4 rings (SSSR count). The monoisotopic (exact) mass is 565 g/mol. The van der Waals surface area contributed by atoms with Gasteiger partial charge < -0.3 is 24.5 Å². The van der Waals surface area contributed by atoms with Gasteiger partial charge in [-0.05, 0) is 44.6 Å². The molecule has 8 heteroatoms. The van der Waals surface area contributed by atoms with Crippen molar-refractivity contribution >= 4 is 17.7 Å². The number of nitrogens with zero attached hydrogens (tertiary/aromatic N) is 3. The van der Waals surface area contributed by atoms with Crippen molar-refractivity contribution in [2.75, 3.05) is 19.7 Å². The van der Waals surface area contributed by atoms with E-state index in [-0.39, 0.29) is 36.3 Å². The van der Waals surface area contributed by atoms with Crippen LogP contribution in [-0.2, 0) is 25.7 Å². The Balaban J connectivity index is 1.84. The Labute approximate surface area is 245 Å². The molecule has 1 N–H and O–H groups in total. The van der Waals surface area contributed by atoms with Crippen LogP contribution in [0.15, 0.2) is 55.6 Å². The first-order chi connectivity index (χ1) is 19.5. The Morgan fingerprint density at radius 1 is 1.10 bits per heavy atom. The number of ether oxygens (including phenoxy) is 1. The summed E-state index contributed by atoms with van der Waals surface area (Å²) in [5.41, 5.74) is -1.00. The van der Waals surface area contributed by atoms with Crippen molar-refractivity contribution in [3.05, 3.63) is 61.2 Å². The lowest BCUT2D eigenvalue weighted by atomic mass is 9.64. The van der Waals surface area contributed by atoms with Crippen LogP contribution in [0, 0.1) is 17.8 Å². The van der Waals surface area contributed by atoms with Gasteiger partial charge in [-0.25, -0.2) is 0 Å². The third-order valence-corrected chi connectivity index (χ3v) is 9.54. The van der Waals surface area contributed by atoms with Gasteiger partial charge in [0, 0.05) is 25.7 Å². The van der Waals surface area contributed by atoms with Gasteiger partial charge in [0.2, 0.25) is 17.7 Å². The van der Waals surface area contributed by atoms with Gasteiger partial charge in [0.15, 0.2) is 0 Å². The van der Waals surface area contributed by atoms with E-state index in [4.69, 9.17) is 4.74 Å². The zero-order chi connectivity index (χ0) is 30.1. The van der Waals surface area contributed by atoms with E-state index < -0.39 is 35.1 Å². The van der Waals surface area contributed by atoms with Crippen molar-refractivity contribution < 1.29 is 24.2 Å². The fourth-order valence-electron chi connectivity index (χ4n) is 7.53. The van der Waals surface area contributed by atoms with E-state index in [1.807, 2.05) is 65.0 Å². The Morgan fingerprint density at radius 2 is 1.76 bits per heavy atom. The minimum absolute atomic E-state index is 0.108. The number of amides is 3. The van der Waals surface area contributed by atoms with Gasteiger partial charge in [-0.3, -0.25) is 14.4 Å². The zero-order valence-corrected chi connectivity index (χ0v) is 25.3. The summed E-state index contributed by atoms with van der Waals surface area (Å²) in [4.78, 5) is 48.7. The largest absolute Gasteiger partial charge is 0.394 e. The van der Waals surface area contributed by atoms with Gasteiger partial charge in [-0.1, -0.05) is 63.3 Å². The van der Waals surface area contributed by atoms with Crippen LogP contribution in [0.3, 0.4) is 0 Å². The van der Waals surface area contributed by atoms with Gasteiger partial charge in [0.1, 0.15) is 11.6 Å². The molecule has 3 saturated heterocycles. The molecule has 8 nitrogen and oxygen atoms in total. The fraction of sp³-hybridized carbons (Fsp3) is 0.606. The van der Waals surface area contributed by atoms with E-state index in [0.29, 0.717) is 38.9 Å². The number of hydrogen-bond donors (Lipinski definition) is 1. The summed E-state index contributed by atoms with van der Waals surface area (Å²) in [5.74, 6) is -2.31. The number of fused-ring (bicyclic) bond motifs is 1. The van der Waals surface area contributed by atoms with Crippen LogP contribution in [0.1, 0.15) is 59.4 Å². The molecule has 2 bridgehead atoms. The van der Waals surface area contributed by atoms with Crippen LogP contribution < -0.4 is 0 Å². The zero-order valence-electron chi connectivity index (χ0n) is 25.3. The van der Waals surface area contributed by atoms with E-state index in [1.165, 1.54) is 0 Å². The molecule has 1 aromatic rings. The lowest BCUT2D eigenvalue weighted by Crippen LogP contribution is -2.60. The van der Waals surface area contributed by atoms with Crippen molar-refractivity contribution in [2.24, 2.45) is 17.8 Å². The van der Waals surface area contributed by atoms with Crippen molar-refractivity contribution in [3.8, 4) is 0 Å². The third-order valence-electron chi connectivity index (χ3n) is 9.54. The molecule has 3 aliphatic heterocycles. The molecule has 224 valence electrons. The first-order valence-electron chi connectivity index (χ1n) is 15.0. The van der Waals surface area contributed by atoms with Crippen LogP contribution in [-0.4, -0.2) is 86.6 Å². The number of likely N-dealkylation sites (tertiary alicyclic amines) is 1. The maximum Gasteiger partial charge on any atom is 0.248 e. The molecule has 3 heterocycles. The molecule has 1 aromatic carbocycles.